The van der Waals surface area contributed by atoms with Crippen LogP contribution >= 0.6 is 0 Å². The first-order valence-electron chi connectivity index (χ1n) is 11.2. The van der Waals surface area contributed by atoms with Crippen molar-refractivity contribution in [1.82, 2.24) is 0 Å². The van der Waals surface area contributed by atoms with E-state index in [4.69, 9.17) is 10.8 Å². The lowest BCUT2D eigenvalue weighted by Crippen LogP contribution is -2.58. The first-order valence-corrected chi connectivity index (χ1v) is 10.7. The van der Waals surface area contributed by atoms with Crippen molar-refractivity contribution in [3.8, 4) is 0 Å². The van der Waals surface area contributed by atoms with Crippen LogP contribution in [0.3, 0.4) is 0 Å². The molecule has 3 fully saturated rings. The van der Waals surface area contributed by atoms with E-state index in [9.17, 15) is 10.2 Å². The zero-order valence-electron chi connectivity index (χ0n) is 17.8. The summed E-state index contributed by atoms with van der Waals surface area (Å²) in [7, 11) is 0. The molecule has 2 N–H and O–H groups in total. The zero-order valence-corrected chi connectivity index (χ0v) is 16.8. The van der Waals surface area contributed by atoms with Gasteiger partial charge in [-0.05, 0) is 73.5 Å². The van der Waals surface area contributed by atoms with E-state index in [0.717, 1.165) is 32.1 Å². The van der Waals surface area contributed by atoms with Crippen LogP contribution in [0.4, 0.5) is 0 Å². The third-order valence-corrected chi connectivity index (χ3v) is 9.08. The molecule has 27 heavy (non-hydrogen) atoms. The lowest BCUT2D eigenvalue weighted by atomic mass is 9.46. The van der Waals surface area contributed by atoms with Crippen molar-refractivity contribution >= 4 is 0 Å². The Morgan fingerprint density at radius 3 is 2.59 bits per heavy atom. The summed E-state index contributed by atoms with van der Waals surface area (Å²) in [4.78, 5) is 0. The van der Waals surface area contributed by atoms with Gasteiger partial charge in [0.2, 0.25) is 5.79 Å². The molecule has 4 nitrogen and oxygen atoms in total. The van der Waals surface area contributed by atoms with E-state index in [1.54, 1.807) is 12.5 Å². The monoisotopic (exact) mass is 375 g/mol. The Bertz CT molecular complexity index is 722. The van der Waals surface area contributed by atoms with Gasteiger partial charge in [-0.25, -0.2) is 0 Å². The first kappa shape index (κ1) is 16.9. The van der Waals surface area contributed by atoms with Gasteiger partial charge in [-0.2, -0.15) is 0 Å². The van der Waals surface area contributed by atoms with Gasteiger partial charge in [-0.1, -0.05) is 25.5 Å². The van der Waals surface area contributed by atoms with Crippen molar-refractivity contribution in [3.63, 3.8) is 0 Å². The Morgan fingerprint density at radius 1 is 1.11 bits per heavy atom. The lowest BCUT2D eigenvalue weighted by Gasteiger charge is -2.60. The van der Waals surface area contributed by atoms with Gasteiger partial charge in [0.05, 0.1) is 13.6 Å². The number of aliphatic hydroxyl groups is 2. The maximum atomic E-state index is 11.6. The molecule has 0 amide bonds. The van der Waals surface area contributed by atoms with Crippen molar-refractivity contribution < 1.29 is 21.1 Å². The van der Waals surface area contributed by atoms with E-state index < -0.39 is 11.9 Å². The molecule has 0 radical (unpaired) electrons. The molecular formula is C23H34O4. The predicted molar refractivity (Wildman–Crippen MR) is 102 cm³/mol. The van der Waals surface area contributed by atoms with Gasteiger partial charge < -0.3 is 19.7 Å². The highest BCUT2D eigenvalue weighted by atomic mass is 16.7. The molecule has 0 aromatic rings. The largest absolute Gasteiger partial charge is 0.457 e. The standard InChI is InChI=1S/C23H34O4/c1-21-9-8-15(24)12-14(21)4-5-16-17-6-7-19(23(3)26-10-11-27-23)22(17,2)13-18(25)20(16)21/h4,10-11,15-20,24-25H,5-9,12-13H2,1-3H3/t15?,16?,17?,18-,19-,20?,21-,22-/m0/s1/i18D. The minimum absolute atomic E-state index is 0.0688. The summed E-state index contributed by atoms with van der Waals surface area (Å²) in [5, 5.41) is 21.8. The molecule has 1 aliphatic heterocycles. The number of ether oxygens (including phenoxy) is 2. The average molecular weight is 376 g/mol. The van der Waals surface area contributed by atoms with E-state index in [2.05, 4.69) is 19.9 Å². The summed E-state index contributed by atoms with van der Waals surface area (Å²) < 4.78 is 20.9. The summed E-state index contributed by atoms with van der Waals surface area (Å²) in [5.41, 5.74) is 0.910. The van der Waals surface area contributed by atoms with Crippen LogP contribution in [-0.2, 0) is 9.47 Å². The molecule has 5 rings (SSSR count). The SMILES string of the molecule is [2H][C@]1(O)C[C@@]2(C)C(CC[C@@H]2C2(C)OC=CO2)C2CC=C3CC(O)CC[C@]3(C)C21. The van der Waals surface area contributed by atoms with Gasteiger partial charge in [0.1, 0.15) is 12.5 Å². The molecule has 0 bridgehead atoms. The maximum Gasteiger partial charge on any atom is 0.250 e. The van der Waals surface area contributed by atoms with Crippen LogP contribution in [0.1, 0.15) is 67.1 Å². The summed E-state index contributed by atoms with van der Waals surface area (Å²) in [6.45, 7) is 6.50. The molecule has 4 heteroatoms. The predicted octanol–water partition coefficient (Wildman–Crippen LogP) is 4.13. The Morgan fingerprint density at radius 2 is 1.85 bits per heavy atom. The smallest absolute Gasteiger partial charge is 0.250 e. The van der Waals surface area contributed by atoms with Crippen LogP contribution < -0.4 is 0 Å². The third kappa shape index (κ3) is 2.35. The van der Waals surface area contributed by atoms with Crippen LogP contribution in [0.2, 0.25) is 0 Å². The number of fused-ring (bicyclic) bond motifs is 5. The van der Waals surface area contributed by atoms with Crippen LogP contribution in [0.15, 0.2) is 24.2 Å². The lowest BCUT2D eigenvalue weighted by molar-refractivity contribution is -0.214. The molecule has 3 saturated carbocycles. The molecule has 5 aliphatic rings. The second-order valence-corrected chi connectivity index (χ2v) is 10.4. The summed E-state index contributed by atoms with van der Waals surface area (Å²) >= 11 is 0. The van der Waals surface area contributed by atoms with E-state index in [0.29, 0.717) is 24.7 Å². The minimum Gasteiger partial charge on any atom is -0.457 e. The molecule has 8 atom stereocenters. The van der Waals surface area contributed by atoms with Crippen molar-refractivity contribution in [2.75, 3.05) is 0 Å². The molecule has 0 aromatic carbocycles. The fourth-order valence-corrected chi connectivity index (χ4v) is 7.89. The topological polar surface area (TPSA) is 58.9 Å². The number of aliphatic hydroxyl groups excluding tert-OH is 1. The fourth-order valence-electron chi connectivity index (χ4n) is 7.89. The van der Waals surface area contributed by atoms with Crippen molar-refractivity contribution in [2.45, 2.75) is 83.7 Å². The Labute approximate surface area is 164 Å². The third-order valence-electron chi connectivity index (χ3n) is 9.08. The second-order valence-electron chi connectivity index (χ2n) is 10.4. The van der Waals surface area contributed by atoms with E-state index in [1.165, 1.54) is 5.57 Å². The molecule has 4 aliphatic carbocycles. The van der Waals surface area contributed by atoms with Crippen LogP contribution in [0.25, 0.3) is 0 Å². The van der Waals surface area contributed by atoms with Gasteiger partial charge in [0, 0.05) is 12.8 Å². The highest BCUT2D eigenvalue weighted by molar-refractivity contribution is 5.26. The Kier molecular flexibility index (Phi) is 3.61. The summed E-state index contributed by atoms with van der Waals surface area (Å²) in [6.07, 6.45) is 9.65. The zero-order chi connectivity index (χ0) is 19.9. The fraction of sp³-hybridized carbons (Fsp3) is 0.826. The molecule has 150 valence electrons. The van der Waals surface area contributed by atoms with E-state index in [1.807, 2.05) is 6.92 Å². The van der Waals surface area contributed by atoms with Crippen LogP contribution in [0.5, 0.6) is 0 Å². The quantitative estimate of drug-likeness (QED) is 0.677. The van der Waals surface area contributed by atoms with Gasteiger partial charge in [-0.3, -0.25) is 0 Å². The van der Waals surface area contributed by atoms with E-state index in [-0.39, 0.29) is 28.8 Å². The molecule has 0 aromatic heterocycles. The Balaban J connectivity index is 1.54. The normalized spacial score (nSPS) is 56.1. The average Bonchev–Trinajstić information content (AvgIpc) is 3.18. The number of rotatable bonds is 1. The van der Waals surface area contributed by atoms with Crippen LogP contribution in [-0.4, -0.2) is 28.2 Å². The maximum absolute atomic E-state index is 11.6. The van der Waals surface area contributed by atoms with Crippen molar-refractivity contribution in [1.29, 1.82) is 0 Å². The van der Waals surface area contributed by atoms with Gasteiger partial charge >= 0.3 is 0 Å². The number of hydrogen-bond acceptors (Lipinski definition) is 4. The summed E-state index contributed by atoms with van der Waals surface area (Å²) in [5.74, 6) is 0.151. The first-order chi connectivity index (χ1) is 13.1. The highest BCUT2D eigenvalue weighted by Crippen LogP contribution is 2.68. The molecule has 0 saturated heterocycles. The second kappa shape index (κ2) is 5.76. The molecule has 1 heterocycles. The summed E-state index contributed by atoms with van der Waals surface area (Å²) in [6, 6.07) is 0. The molecule has 0 spiro atoms. The Hall–Kier alpha value is -1.00. The van der Waals surface area contributed by atoms with Gasteiger partial charge in [-0.15, -0.1) is 0 Å². The molecule has 4 unspecified atom stereocenters. The van der Waals surface area contributed by atoms with Crippen molar-refractivity contribution in [3.05, 3.63) is 24.2 Å². The van der Waals surface area contributed by atoms with E-state index >= 15 is 0 Å². The van der Waals surface area contributed by atoms with Gasteiger partial charge in [0.25, 0.3) is 0 Å². The van der Waals surface area contributed by atoms with Gasteiger partial charge in [0.15, 0.2) is 0 Å². The number of hydrogen-bond donors (Lipinski definition) is 2. The highest BCUT2D eigenvalue weighted by Gasteiger charge is 2.65. The molecular weight excluding hydrogens is 340 g/mol. The minimum atomic E-state index is -1.47. The number of allylic oxidation sites excluding steroid dienone is 1. The van der Waals surface area contributed by atoms with Crippen molar-refractivity contribution in [2.24, 2.45) is 34.5 Å². The van der Waals surface area contributed by atoms with Crippen LogP contribution in [0, 0.1) is 34.5 Å².